The number of aryl methyl sites for hydroxylation is 1. The quantitative estimate of drug-likeness (QED) is 0.572. The Morgan fingerprint density at radius 2 is 1.89 bits per heavy atom. The van der Waals surface area contributed by atoms with E-state index in [1.165, 1.54) is 0 Å². The Morgan fingerprint density at radius 1 is 1.16 bits per heavy atom. The van der Waals surface area contributed by atoms with Gasteiger partial charge in [0.15, 0.2) is 0 Å². The molecule has 0 amide bonds. The minimum atomic E-state index is -1.43. The number of hydrogen-bond donors (Lipinski definition) is 4. The van der Waals surface area contributed by atoms with Gasteiger partial charge >= 0.3 is 0 Å². The second-order valence-corrected chi connectivity index (χ2v) is 4.63. The van der Waals surface area contributed by atoms with Gasteiger partial charge in [0.25, 0.3) is 0 Å². The lowest BCUT2D eigenvalue weighted by atomic mass is 9.99. The molecular formula is C13H18O6. The summed E-state index contributed by atoms with van der Waals surface area (Å²) < 4.78 is 10.7. The van der Waals surface area contributed by atoms with Gasteiger partial charge < -0.3 is 29.9 Å². The predicted octanol–water partition coefficient (Wildman–Crippen LogP) is -0.826. The molecule has 1 aromatic carbocycles. The van der Waals surface area contributed by atoms with Crippen molar-refractivity contribution < 1.29 is 29.9 Å². The van der Waals surface area contributed by atoms with Gasteiger partial charge in [0.1, 0.15) is 30.2 Å². The van der Waals surface area contributed by atoms with Crippen LogP contribution in [-0.4, -0.2) is 57.7 Å². The second kappa shape index (κ2) is 5.85. The number of hydrogen-bond acceptors (Lipinski definition) is 6. The molecule has 1 fully saturated rings. The van der Waals surface area contributed by atoms with E-state index in [2.05, 4.69) is 0 Å². The van der Waals surface area contributed by atoms with Gasteiger partial charge in [0, 0.05) is 0 Å². The number of aliphatic hydroxyl groups is 4. The molecule has 0 saturated carbocycles. The Bertz CT molecular complexity index is 421. The van der Waals surface area contributed by atoms with Crippen LogP contribution in [-0.2, 0) is 4.74 Å². The molecule has 6 nitrogen and oxygen atoms in total. The number of benzene rings is 1. The van der Waals surface area contributed by atoms with Crippen molar-refractivity contribution in [3.63, 3.8) is 0 Å². The van der Waals surface area contributed by atoms with E-state index in [-0.39, 0.29) is 0 Å². The van der Waals surface area contributed by atoms with Crippen LogP contribution in [0.1, 0.15) is 5.56 Å². The summed E-state index contributed by atoms with van der Waals surface area (Å²) in [5, 5.41) is 38.1. The van der Waals surface area contributed by atoms with E-state index in [1.54, 1.807) is 18.2 Å². The summed E-state index contributed by atoms with van der Waals surface area (Å²) in [5.74, 6) is 0.476. The Balaban J connectivity index is 2.10. The highest BCUT2D eigenvalue weighted by Gasteiger charge is 2.44. The molecule has 106 valence electrons. The van der Waals surface area contributed by atoms with Crippen LogP contribution in [0.4, 0.5) is 0 Å². The summed E-state index contributed by atoms with van der Waals surface area (Å²) in [7, 11) is 0. The van der Waals surface area contributed by atoms with Gasteiger partial charge in [-0.25, -0.2) is 0 Å². The maximum Gasteiger partial charge on any atom is 0.229 e. The lowest BCUT2D eigenvalue weighted by Crippen LogP contribution is -2.60. The average molecular weight is 270 g/mol. The van der Waals surface area contributed by atoms with Crippen LogP contribution in [0, 0.1) is 6.92 Å². The van der Waals surface area contributed by atoms with Crippen LogP contribution < -0.4 is 4.74 Å². The van der Waals surface area contributed by atoms with E-state index in [0.29, 0.717) is 5.75 Å². The Morgan fingerprint density at radius 3 is 2.53 bits per heavy atom. The van der Waals surface area contributed by atoms with Crippen molar-refractivity contribution in [2.75, 3.05) is 6.61 Å². The normalized spacial score (nSPS) is 35.1. The van der Waals surface area contributed by atoms with Crippen LogP contribution in [0.5, 0.6) is 5.75 Å². The highest BCUT2D eigenvalue weighted by molar-refractivity contribution is 5.27. The van der Waals surface area contributed by atoms with Crippen LogP contribution in [0.3, 0.4) is 0 Å². The van der Waals surface area contributed by atoms with Gasteiger partial charge in [-0.2, -0.15) is 0 Å². The third-order valence-electron chi connectivity index (χ3n) is 3.09. The molecule has 1 aliphatic rings. The summed E-state index contributed by atoms with van der Waals surface area (Å²) >= 11 is 0. The molecule has 2 rings (SSSR count). The molecule has 0 spiro atoms. The average Bonchev–Trinajstić information content (AvgIpc) is 2.39. The molecule has 1 aromatic rings. The van der Waals surface area contributed by atoms with Crippen LogP contribution in [0.25, 0.3) is 0 Å². The molecule has 1 heterocycles. The van der Waals surface area contributed by atoms with Gasteiger partial charge in [-0.05, 0) is 24.6 Å². The van der Waals surface area contributed by atoms with E-state index in [1.807, 2.05) is 13.0 Å². The van der Waals surface area contributed by atoms with Gasteiger partial charge in [-0.3, -0.25) is 0 Å². The monoisotopic (exact) mass is 270 g/mol. The van der Waals surface area contributed by atoms with E-state index >= 15 is 0 Å². The zero-order valence-electron chi connectivity index (χ0n) is 10.5. The summed E-state index contributed by atoms with van der Waals surface area (Å²) in [6.07, 6.45) is -6.30. The standard InChI is InChI=1S/C13H18O6/c1-7-3-2-4-8(5-7)18-13-12(17)11(16)10(15)9(6-14)19-13/h2-5,9-17H,6H2,1H3/t9-,10-,11+,12-,13-/m1/s1. The number of aliphatic hydroxyl groups excluding tert-OH is 4. The van der Waals surface area contributed by atoms with Crippen molar-refractivity contribution in [3.05, 3.63) is 29.8 Å². The molecule has 5 atom stereocenters. The van der Waals surface area contributed by atoms with E-state index in [0.717, 1.165) is 5.56 Å². The van der Waals surface area contributed by atoms with E-state index in [9.17, 15) is 15.3 Å². The number of rotatable bonds is 3. The molecule has 1 saturated heterocycles. The Kier molecular flexibility index (Phi) is 4.38. The Labute approximate surface area is 110 Å². The maximum atomic E-state index is 9.81. The fraction of sp³-hybridized carbons (Fsp3) is 0.538. The highest BCUT2D eigenvalue weighted by atomic mass is 16.7. The molecule has 0 radical (unpaired) electrons. The molecular weight excluding hydrogens is 252 g/mol. The maximum absolute atomic E-state index is 9.81. The van der Waals surface area contributed by atoms with Crippen molar-refractivity contribution >= 4 is 0 Å². The summed E-state index contributed by atoms with van der Waals surface area (Å²) in [4.78, 5) is 0. The topological polar surface area (TPSA) is 99.4 Å². The van der Waals surface area contributed by atoms with Crippen LogP contribution in [0.2, 0.25) is 0 Å². The number of ether oxygens (including phenoxy) is 2. The van der Waals surface area contributed by atoms with Crippen molar-refractivity contribution in [2.45, 2.75) is 37.6 Å². The van der Waals surface area contributed by atoms with Crippen molar-refractivity contribution in [1.29, 1.82) is 0 Å². The molecule has 0 bridgehead atoms. The van der Waals surface area contributed by atoms with Gasteiger partial charge in [-0.1, -0.05) is 12.1 Å². The summed E-state index contributed by atoms with van der Waals surface area (Å²) in [6.45, 7) is 1.42. The van der Waals surface area contributed by atoms with Gasteiger partial charge in [0.05, 0.1) is 6.61 Å². The third kappa shape index (κ3) is 3.05. The minimum Gasteiger partial charge on any atom is -0.462 e. The summed E-state index contributed by atoms with van der Waals surface area (Å²) in [5.41, 5.74) is 0.974. The van der Waals surface area contributed by atoms with Crippen molar-refractivity contribution in [3.8, 4) is 5.75 Å². The molecule has 0 aromatic heterocycles. The molecule has 0 aliphatic carbocycles. The predicted molar refractivity (Wildman–Crippen MR) is 65.6 cm³/mol. The van der Waals surface area contributed by atoms with Crippen molar-refractivity contribution in [1.82, 2.24) is 0 Å². The van der Waals surface area contributed by atoms with E-state index in [4.69, 9.17) is 14.6 Å². The first-order chi connectivity index (χ1) is 9.02. The first kappa shape index (κ1) is 14.2. The minimum absolute atomic E-state index is 0.474. The zero-order chi connectivity index (χ0) is 14.0. The first-order valence-electron chi connectivity index (χ1n) is 6.07. The van der Waals surface area contributed by atoms with E-state index < -0.39 is 37.3 Å². The fourth-order valence-corrected chi connectivity index (χ4v) is 1.99. The lowest BCUT2D eigenvalue weighted by molar-refractivity contribution is -0.277. The lowest BCUT2D eigenvalue weighted by Gasteiger charge is -2.39. The van der Waals surface area contributed by atoms with Crippen LogP contribution >= 0.6 is 0 Å². The molecule has 1 aliphatic heterocycles. The summed E-state index contributed by atoms with van der Waals surface area (Å²) in [6, 6.07) is 7.12. The molecule has 4 N–H and O–H groups in total. The third-order valence-corrected chi connectivity index (χ3v) is 3.09. The first-order valence-corrected chi connectivity index (χ1v) is 6.07. The van der Waals surface area contributed by atoms with Crippen molar-refractivity contribution in [2.24, 2.45) is 0 Å². The van der Waals surface area contributed by atoms with Crippen LogP contribution in [0.15, 0.2) is 24.3 Å². The fourth-order valence-electron chi connectivity index (χ4n) is 1.99. The molecule has 19 heavy (non-hydrogen) atoms. The molecule has 0 unspecified atom stereocenters. The molecule has 6 heteroatoms. The second-order valence-electron chi connectivity index (χ2n) is 4.63. The van der Waals surface area contributed by atoms with Gasteiger partial charge in [0.2, 0.25) is 6.29 Å². The zero-order valence-corrected chi connectivity index (χ0v) is 10.5. The smallest absolute Gasteiger partial charge is 0.229 e. The Hall–Kier alpha value is -1.18. The highest BCUT2D eigenvalue weighted by Crippen LogP contribution is 2.24. The SMILES string of the molecule is Cc1cccc(O[C@@H]2O[C@H](CO)[C@@H](O)[C@H](O)[C@H]2O)c1. The largest absolute Gasteiger partial charge is 0.462 e. The van der Waals surface area contributed by atoms with Gasteiger partial charge in [-0.15, -0.1) is 0 Å².